The number of aliphatic hydroxyl groups excluding tert-OH is 1. The lowest BCUT2D eigenvalue weighted by Gasteiger charge is -2.36. The summed E-state index contributed by atoms with van der Waals surface area (Å²) in [5.74, 6) is -1.03. The first-order valence-electron chi connectivity index (χ1n) is 16.7. The number of carbonyl (C=O) groups is 3. The number of rotatable bonds is 8. The molecule has 248 valence electrons. The van der Waals surface area contributed by atoms with Gasteiger partial charge in [0.15, 0.2) is 0 Å². The Morgan fingerprint density at radius 1 is 0.894 bits per heavy atom. The molecule has 9 nitrogen and oxygen atoms in total. The zero-order valence-corrected chi connectivity index (χ0v) is 27.5. The number of esters is 1. The Bertz CT molecular complexity index is 1560. The molecular formula is C38H45N3O6. The summed E-state index contributed by atoms with van der Waals surface area (Å²) in [4.78, 5) is 45.0. The Balaban J connectivity index is 1.19. The van der Waals surface area contributed by atoms with Crippen molar-refractivity contribution >= 4 is 18.0 Å². The molecular weight excluding hydrogens is 594 g/mol. The van der Waals surface area contributed by atoms with Gasteiger partial charge in [-0.2, -0.15) is 0 Å². The van der Waals surface area contributed by atoms with Crippen LogP contribution in [-0.2, 0) is 32.0 Å². The van der Waals surface area contributed by atoms with Gasteiger partial charge in [0.1, 0.15) is 24.3 Å². The number of likely N-dealkylation sites (tertiary alicyclic amines) is 1. The van der Waals surface area contributed by atoms with Crippen LogP contribution in [0.2, 0.25) is 0 Å². The Hall–Kier alpha value is -4.21. The van der Waals surface area contributed by atoms with Crippen molar-refractivity contribution in [2.45, 2.75) is 82.7 Å². The zero-order valence-electron chi connectivity index (χ0n) is 27.5. The van der Waals surface area contributed by atoms with Gasteiger partial charge in [0.25, 0.3) is 0 Å². The lowest BCUT2D eigenvalue weighted by molar-refractivity contribution is -0.159. The topological polar surface area (TPSA) is 108 Å². The van der Waals surface area contributed by atoms with Crippen molar-refractivity contribution in [2.75, 3.05) is 26.2 Å². The maximum atomic E-state index is 14.1. The average molecular weight is 640 g/mol. The minimum absolute atomic E-state index is 0.108. The molecule has 0 bridgehead atoms. The number of benzene rings is 3. The zero-order chi connectivity index (χ0) is 33.1. The van der Waals surface area contributed by atoms with Crippen LogP contribution in [0, 0.1) is 0 Å². The first kappa shape index (κ1) is 32.7. The van der Waals surface area contributed by atoms with Gasteiger partial charge in [0, 0.05) is 32.0 Å². The fraction of sp³-hybridized carbons (Fsp3) is 0.447. The number of carbonyl (C=O) groups excluding carboxylic acids is 3. The van der Waals surface area contributed by atoms with E-state index in [0.29, 0.717) is 32.2 Å². The summed E-state index contributed by atoms with van der Waals surface area (Å²) in [6.07, 6.45) is 1.15. The van der Waals surface area contributed by atoms with Crippen LogP contribution >= 0.6 is 0 Å². The molecule has 9 heteroatoms. The van der Waals surface area contributed by atoms with Gasteiger partial charge in [-0.3, -0.25) is 9.69 Å². The SMILES string of the molecule is CC(C)(C)OC(=O)[C@H](CCN1CCC(O)CC1)NC(=O)C1Cc2ccccc2CN1C(=O)OCC1c2ccccc2-c2ccccc21. The predicted octanol–water partition coefficient (Wildman–Crippen LogP) is 5.04. The van der Waals surface area contributed by atoms with E-state index < -0.39 is 35.7 Å². The molecule has 1 fully saturated rings. The standard InChI is InChI=1S/C38H45N3O6/c1-38(2,3)47-36(44)33(18-21-40-19-16-27(42)17-20-40)39-35(43)34-22-25-10-4-5-11-26(25)23-41(34)37(45)46-24-32-30-14-8-6-12-28(30)29-13-7-9-15-31(29)32/h4-15,27,32-34,42H,16-24H2,1-3H3,(H,39,43)/t33-,34?/m0/s1. The minimum Gasteiger partial charge on any atom is -0.458 e. The van der Waals surface area contributed by atoms with Crippen LogP contribution in [-0.4, -0.2) is 82.9 Å². The maximum absolute atomic E-state index is 14.1. The number of nitrogens with one attached hydrogen (secondary N) is 1. The molecule has 1 saturated heterocycles. The molecule has 3 aliphatic rings. The summed E-state index contributed by atoms with van der Waals surface area (Å²) < 4.78 is 11.7. The van der Waals surface area contributed by atoms with Crippen LogP contribution in [0.5, 0.6) is 0 Å². The molecule has 2 N–H and O–H groups in total. The van der Waals surface area contributed by atoms with Crippen LogP contribution < -0.4 is 5.32 Å². The summed E-state index contributed by atoms with van der Waals surface area (Å²) in [6, 6.07) is 22.4. The number of fused-ring (bicyclic) bond motifs is 4. The molecule has 0 saturated carbocycles. The van der Waals surface area contributed by atoms with Crippen LogP contribution in [0.1, 0.15) is 68.2 Å². The number of hydrogen-bond donors (Lipinski definition) is 2. The Labute approximate surface area is 276 Å². The fourth-order valence-corrected chi connectivity index (χ4v) is 6.97. The molecule has 2 aliphatic heterocycles. The summed E-state index contributed by atoms with van der Waals surface area (Å²) in [6.45, 7) is 7.78. The molecule has 2 amide bonds. The lowest BCUT2D eigenvalue weighted by atomic mass is 9.93. The van der Waals surface area contributed by atoms with Gasteiger partial charge in [-0.05, 0) is 73.4 Å². The highest BCUT2D eigenvalue weighted by Gasteiger charge is 2.39. The number of nitrogens with zero attached hydrogens (tertiary/aromatic N) is 2. The molecule has 1 unspecified atom stereocenters. The van der Waals surface area contributed by atoms with Crippen molar-refractivity contribution in [2.24, 2.45) is 0 Å². The Kier molecular flexibility index (Phi) is 9.66. The molecule has 1 aliphatic carbocycles. The van der Waals surface area contributed by atoms with Crippen LogP contribution in [0.3, 0.4) is 0 Å². The Morgan fingerprint density at radius 2 is 1.49 bits per heavy atom. The first-order valence-corrected chi connectivity index (χ1v) is 16.7. The van der Waals surface area contributed by atoms with E-state index in [1.807, 2.05) is 48.5 Å². The number of hydrogen-bond acceptors (Lipinski definition) is 7. The van der Waals surface area contributed by atoms with Crippen LogP contribution in [0.4, 0.5) is 4.79 Å². The summed E-state index contributed by atoms with van der Waals surface area (Å²) in [7, 11) is 0. The van der Waals surface area contributed by atoms with Crippen molar-refractivity contribution < 1.29 is 29.0 Å². The van der Waals surface area contributed by atoms with Gasteiger partial charge in [0.05, 0.1) is 12.6 Å². The molecule has 6 rings (SSSR count). The fourth-order valence-electron chi connectivity index (χ4n) is 6.97. The highest BCUT2D eigenvalue weighted by molar-refractivity contribution is 5.90. The lowest BCUT2D eigenvalue weighted by Crippen LogP contribution is -2.56. The molecule has 3 aromatic carbocycles. The van der Waals surface area contributed by atoms with E-state index >= 15 is 0 Å². The average Bonchev–Trinajstić information content (AvgIpc) is 3.38. The largest absolute Gasteiger partial charge is 0.458 e. The molecule has 2 atom stereocenters. The van der Waals surface area contributed by atoms with Gasteiger partial charge in [-0.25, -0.2) is 9.59 Å². The molecule has 0 aromatic heterocycles. The van der Waals surface area contributed by atoms with E-state index in [2.05, 4.69) is 34.5 Å². The minimum atomic E-state index is -0.893. The second-order valence-electron chi connectivity index (χ2n) is 13.9. The molecule has 0 radical (unpaired) electrons. The quantitative estimate of drug-likeness (QED) is 0.333. The highest BCUT2D eigenvalue weighted by atomic mass is 16.6. The molecule has 0 spiro atoms. The number of piperidine rings is 1. The van der Waals surface area contributed by atoms with Crippen LogP contribution in [0.25, 0.3) is 11.1 Å². The van der Waals surface area contributed by atoms with E-state index in [0.717, 1.165) is 46.5 Å². The second kappa shape index (κ2) is 13.9. The first-order chi connectivity index (χ1) is 22.6. The van der Waals surface area contributed by atoms with Crippen molar-refractivity contribution in [1.29, 1.82) is 0 Å². The number of amides is 2. The third-order valence-electron chi connectivity index (χ3n) is 9.42. The number of aliphatic hydroxyl groups is 1. The maximum Gasteiger partial charge on any atom is 0.410 e. The summed E-state index contributed by atoms with van der Waals surface area (Å²) in [5.41, 5.74) is 5.72. The van der Waals surface area contributed by atoms with Crippen molar-refractivity contribution in [3.63, 3.8) is 0 Å². The van der Waals surface area contributed by atoms with Crippen molar-refractivity contribution in [3.8, 4) is 11.1 Å². The molecule has 2 heterocycles. The van der Waals surface area contributed by atoms with E-state index in [-0.39, 0.29) is 25.2 Å². The van der Waals surface area contributed by atoms with Gasteiger partial charge >= 0.3 is 12.1 Å². The van der Waals surface area contributed by atoms with E-state index in [9.17, 15) is 19.5 Å². The van der Waals surface area contributed by atoms with Crippen molar-refractivity contribution in [1.82, 2.24) is 15.1 Å². The van der Waals surface area contributed by atoms with Crippen LogP contribution in [0.15, 0.2) is 72.8 Å². The van der Waals surface area contributed by atoms with Gasteiger partial charge in [0.2, 0.25) is 5.91 Å². The normalized spacial score (nSPS) is 18.9. The third kappa shape index (κ3) is 7.52. The number of ether oxygens (including phenoxy) is 2. The molecule has 47 heavy (non-hydrogen) atoms. The van der Waals surface area contributed by atoms with Gasteiger partial charge in [-0.1, -0.05) is 72.8 Å². The van der Waals surface area contributed by atoms with Crippen molar-refractivity contribution in [3.05, 3.63) is 95.1 Å². The smallest absolute Gasteiger partial charge is 0.410 e. The van der Waals surface area contributed by atoms with Gasteiger partial charge in [-0.15, -0.1) is 0 Å². The second-order valence-corrected chi connectivity index (χ2v) is 13.9. The van der Waals surface area contributed by atoms with E-state index in [4.69, 9.17) is 9.47 Å². The summed E-state index contributed by atoms with van der Waals surface area (Å²) in [5, 5.41) is 12.9. The molecule has 3 aromatic rings. The van der Waals surface area contributed by atoms with E-state index in [1.165, 1.54) is 4.90 Å². The van der Waals surface area contributed by atoms with E-state index in [1.54, 1.807) is 20.8 Å². The Morgan fingerprint density at radius 3 is 2.13 bits per heavy atom. The van der Waals surface area contributed by atoms with Gasteiger partial charge < -0.3 is 24.8 Å². The third-order valence-corrected chi connectivity index (χ3v) is 9.42. The predicted molar refractivity (Wildman–Crippen MR) is 179 cm³/mol. The highest BCUT2D eigenvalue weighted by Crippen LogP contribution is 2.44. The summed E-state index contributed by atoms with van der Waals surface area (Å²) >= 11 is 0. The monoisotopic (exact) mass is 639 g/mol.